The van der Waals surface area contributed by atoms with E-state index in [0.717, 1.165) is 31.0 Å². The molecule has 1 aromatic carbocycles. The van der Waals surface area contributed by atoms with Gasteiger partial charge >= 0.3 is 0 Å². The van der Waals surface area contributed by atoms with Gasteiger partial charge in [0.25, 0.3) is 0 Å². The van der Waals surface area contributed by atoms with Gasteiger partial charge in [-0.1, -0.05) is 18.2 Å². The number of benzene rings is 1. The molecule has 25 heavy (non-hydrogen) atoms. The smallest absolute Gasteiger partial charge is 0.233 e. The van der Waals surface area contributed by atoms with Crippen LogP contribution in [0.15, 0.2) is 36.5 Å². The number of carbonyl (C=O) groups excluding carboxylic acids is 1. The maximum Gasteiger partial charge on any atom is 0.233 e. The van der Waals surface area contributed by atoms with Crippen molar-refractivity contribution >= 4 is 11.6 Å². The van der Waals surface area contributed by atoms with Crippen molar-refractivity contribution in [3.8, 4) is 0 Å². The molecule has 5 heteroatoms. The average molecular weight is 338 g/mol. The van der Waals surface area contributed by atoms with Crippen molar-refractivity contribution < 1.29 is 4.79 Å². The van der Waals surface area contributed by atoms with Crippen LogP contribution in [0.2, 0.25) is 0 Å². The van der Waals surface area contributed by atoms with Crippen LogP contribution >= 0.6 is 0 Å². The second-order valence-electron chi connectivity index (χ2n) is 7.46. The lowest BCUT2D eigenvalue weighted by Gasteiger charge is -2.26. The van der Waals surface area contributed by atoms with E-state index >= 15 is 0 Å². The van der Waals surface area contributed by atoms with E-state index in [1.165, 1.54) is 18.4 Å². The second kappa shape index (κ2) is 6.64. The lowest BCUT2D eigenvalue weighted by Crippen LogP contribution is -2.41. The highest BCUT2D eigenvalue weighted by Crippen LogP contribution is 2.31. The van der Waals surface area contributed by atoms with Crippen LogP contribution in [0.3, 0.4) is 0 Å². The molecule has 5 nitrogen and oxygen atoms in total. The van der Waals surface area contributed by atoms with Crippen LogP contribution in [-0.4, -0.2) is 39.7 Å². The van der Waals surface area contributed by atoms with Gasteiger partial charge in [-0.15, -0.1) is 0 Å². The van der Waals surface area contributed by atoms with Crippen molar-refractivity contribution in [2.24, 2.45) is 0 Å². The fraction of sp³-hybridized carbons (Fsp3) is 0.500. The third-order valence-electron chi connectivity index (χ3n) is 5.37. The van der Waals surface area contributed by atoms with E-state index < -0.39 is 0 Å². The summed E-state index contributed by atoms with van der Waals surface area (Å²) in [5.41, 5.74) is 3.18. The van der Waals surface area contributed by atoms with Gasteiger partial charge in [0.05, 0.1) is 12.1 Å². The quantitative estimate of drug-likeness (QED) is 0.864. The summed E-state index contributed by atoms with van der Waals surface area (Å²) >= 11 is 0. The van der Waals surface area contributed by atoms with Crippen LogP contribution in [0, 0.1) is 0 Å². The molecular weight excluding hydrogens is 312 g/mol. The molecule has 1 aromatic heterocycles. The van der Waals surface area contributed by atoms with Gasteiger partial charge in [0.15, 0.2) is 0 Å². The minimum atomic E-state index is 0.148. The molecule has 0 saturated carbocycles. The number of fused-ring (bicyclic) bond motifs is 2. The van der Waals surface area contributed by atoms with E-state index in [4.69, 9.17) is 0 Å². The monoisotopic (exact) mass is 338 g/mol. The average Bonchev–Trinajstić information content (AvgIpc) is 3.20. The number of hydrogen-bond acceptors (Lipinski definition) is 3. The van der Waals surface area contributed by atoms with Crippen molar-refractivity contribution in [1.29, 1.82) is 0 Å². The number of nitrogens with zero attached hydrogens (tertiary/aromatic N) is 4. The van der Waals surface area contributed by atoms with E-state index in [2.05, 4.69) is 42.0 Å². The summed E-state index contributed by atoms with van der Waals surface area (Å²) in [4.78, 5) is 17.6. The first kappa shape index (κ1) is 16.3. The first-order chi connectivity index (χ1) is 12.1. The molecular formula is C20H26N4O. The number of carbonyl (C=O) groups is 1. The number of amides is 1. The highest BCUT2D eigenvalue weighted by molar-refractivity contribution is 5.95. The van der Waals surface area contributed by atoms with Crippen molar-refractivity contribution in [1.82, 2.24) is 14.7 Å². The Morgan fingerprint density at radius 3 is 2.92 bits per heavy atom. The number of para-hydroxylation sites is 1. The van der Waals surface area contributed by atoms with Crippen LogP contribution in [0.1, 0.15) is 44.0 Å². The number of hydrogen-bond donors (Lipinski definition) is 0. The Morgan fingerprint density at radius 2 is 2.12 bits per heavy atom. The molecule has 2 aliphatic rings. The van der Waals surface area contributed by atoms with E-state index in [-0.39, 0.29) is 5.91 Å². The first-order valence-electron chi connectivity index (χ1n) is 9.28. The van der Waals surface area contributed by atoms with Crippen molar-refractivity contribution in [2.45, 2.75) is 51.7 Å². The molecule has 1 unspecified atom stereocenters. The summed E-state index contributed by atoms with van der Waals surface area (Å²) in [6.45, 7) is 7.07. The Hall–Kier alpha value is -2.14. The predicted molar refractivity (Wildman–Crippen MR) is 98.5 cm³/mol. The zero-order valence-electron chi connectivity index (χ0n) is 15.1. The minimum Gasteiger partial charge on any atom is -0.310 e. The van der Waals surface area contributed by atoms with Crippen molar-refractivity contribution in [3.63, 3.8) is 0 Å². The molecule has 1 fully saturated rings. The van der Waals surface area contributed by atoms with Gasteiger partial charge in [-0.3, -0.25) is 14.4 Å². The third kappa shape index (κ3) is 3.21. The van der Waals surface area contributed by atoms with Gasteiger partial charge in [-0.2, -0.15) is 5.10 Å². The van der Waals surface area contributed by atoms with E-state index in [0.29, 0.717) is 18.5 Å². The van der Waals surface area contributed by atoms with Gasteiger partial charge in [0, 0.05) is 37.1 Å². The van der Waals surface area contributed by atoms with Gasteiger partial charge in [-0.25, -0.2) is 0 Å². The second-order valence-corrected chi connectivity index (χ2v) is 7.46. The minimum absolute atomic E-state index is 0.148. The number of rotatable bonds is 3. The van der Waals surface area contributed by atoms with Crippen LogP contribution in [0.4, 0.5) is 5.69 Å². The molecule has 3 heterocycles. The largest absolute Gasteiger partial charge is 0.310 e. The molecule has 0 spiro atoms. The first-order valence-corrected chi connectivity index (χ1v) is 9.28. The zero-order chi connectivity index (χ0) is 17.4. The molecule has 2 aromatic rings. The maximum absolute atomic E-state index is 13.1. The maximum atomic E-state index is 13.1. The predicted octanol–water partition coefficient (Wildman–Crippen LogP) is 3.02. The fourth-order valence-corrected chi connectivity index (χ4v) is 3.99. The van der Waals surface area contributed by atoms with Crippen LogP contribution in [0.5, 0.6) is 0 Å². The molecule has 0 radical (unpaired) electrons. The lowest BCUT2D eigenvalue weighted by atomic mass is 10.1. The number of anilines is 1. The van der Waals surface area contributed by atoms with Crippen LogP contribution < -0.4 is 4.90 Å². The van der Waals surface area contributed by atoms with E-state index in [1.54, 1.807) is 0 Å². The highest BCUT2D eigenvalue weighted by Gasteiger charge is 2.33. The topological polar surface area (TPSA) is 41.4 Å². The molecule has 0 aliphatic carbocycles. The molecule has 0 bridgehead atoms. The van der Waals surface area contributed by atoms with E-state index in [1.807, 2.05) is 27.9 Å². The highest BCUT2D eigenvalue weighted by atomic mass is 16.2. The SMILES string of the molecule is CC(C)n1ccc(CC(=O)N2CC3CCCN3Cc3ccccc32)n1. The van der Waals surface area contributed by atoms with E-state index in [9.17, 15) is 4.79 Å². The Bertz CT molecular complexity index is 767. The summed E-state index contributed by atoms with van der Waals surface area (Å²) in [6, 6.07) is 11.1. The van der Waals surface area contributed by atoms with Crippen LogP contribution in [-0.2, 0) is 17.8 Å². The summed E-state index contributed by atoms with van der Waals surface area (Å²) in [5.74, 6) is 0.148. The molecule has 1 saturated heterocycles. The Labute approximate surface area is 149 Å². The molecule has 132 valence electrons. The Kier molecular flexibility index (Phi) is 4.34. The molecule has 4 rings (SSSR count). The van der Waals surface area contributed by atoms with Gasteiger partial charge in [0.2, 0.25) is 5.91 Å². The molecule has 2 aliphatic heterocycles. The third-order valence-corrected chi connectivity index (χ3v) is 5.37. The van der Waals surface area contributed by atoms with Gasteiger partial charge in [-0.05, 0) is 50.9 Å². The molecule has 1 amide bonds. The van der Waals surface area contributed by atoms with Crippen molar-refractivity contribution in [3.05, 3.63) is 47.8 Å². The summed E-state index contributed by atoms with van der Waals surface area (Å²) in [5, 5.41) is 4.55. The fourth-order valence-electron chi connectivity index (χ4n) is 3.99. The summed E-state index contributed by atoms with van der Waals surface area (Å²) in [7, 11) is 0. The van der Waals surface area contributed by atoms with Gasteiger partial charge < -0.3 is 4.90 Å². The summed E-state index contributed by atoms with van der Waals surface area (Å²) < 4.78 is 1.91. The Balaban J connectivity index is 1.59. The van der Waals surface area contributed by atoms with Crippen LogP contribution in [0.25, 0.3) is 0 Å². The zero-order valence-corrected chi connectivity index (χ0v) is 15.1. The van der Waals surface area contributed by atoms with Crippen molar-refractivity contribution in [2.75, 3.05) is 18.0 Å². The standard InChI is InChI=1S/C20H26N4O/c1-15(2)24-11-9-17(21-24)12-20(25)23-14-18-7-5-10-22(18)13-16-6-3-4-8-19(16)23/h3-4,6,8-9,11,15,18H,5,7,10,12-14H2,1-2H3. The normalized spacial score (nSPS) is 20.4. The number of aromatic nitrogens is 2. The lowest BCUT2D eigenvalue weighted by molar-refractivity contribution is -0.118. The van der Waals surface area contributed by atoms with Gasteiger partial charge in [0.1, 0.15) is 0 Å². The summed E-state index contributed by atoms with van der Waals surface area (Å²) in [6.07, 6.45) is 4.73. The molecule has 1 atom stereocenters. The Morgan fingerprint density at radius 1 is 1.28 bits per heavy atom. The molecule has 0 N–H and O–H groups in total.